The van der Waals surface area contributed by atoms with Gasteiger partial charge >= 0.3 is 0 Å². The van der Waals surface area contributed by atoms with E-state index < -0.39 is 12.2 Å². The first kappa shape index (κ1) is 20.1. The molecule has 4 aromatic rings. The minimum Gasteiger partial charge on any atom is -0.489 e. The number of aliphatic hydroxyl groups is 1. The summed E-state index contributed by atoms with van der Waals surface area (Å²) >= 11 is 0. The molecule has 0 radical (unpaired) electrons. The molecule has 0 aliphatic carbocycles. The highest BCUT2D eigenvalue weighted by Crippen LogP contribution is 2.38. The smallest absolute Gasteiger partial charge is 0.163 e. The molecule has 5 heteroatoms. The zero-order chi connectivity index (χ0) is 21.8. The number of aromatic nitrogens is 1. The van der Waals surface area contributed by atoms with Crippen molar-refractivity contribution in [1.29, 1.82) is 0 Å². The molecule has 0 saturated carbocycles. The molecule has 0 unspecified atom stereocenters. The van der Waals surface area contributed by atoms with E-state index in [1.54, 1.807) is 24.5 Å². The van der Waals surface area contributed by atoms with E-state index in [4.69, 9.17) is 14.2 Å². The van der Waals surface area contributed by atoms with Crippen molar-refractivity contribution in [2.75, 3.05) is 6.61 Å². The molecule has 1 aromatic heterocycles. The number of benzene rings is 3. The molecule has 1 N–H and O–H groups in total. The van der Waals surface area contributed by atoms with E-state index in [1.165, 1.54) is 0 Å². The number of nitrogens with zero attached hydrogens (tertiary/aromatic N) is 1. The summed E-state index contributed by atoms with van der Waals surface area (Å²) in [6.07, 6.45) is 1.62. The molecule has 0 amide bonds. The Morgan fingerprint density at radius 2 is 1.56 bits per heavy atom. The van der Waals surface area contributed by atoms with Gasteiger partial charge in [-0.3, -0.25) is 4.98 Å². The number of rotatable bonds is 6. The Hall–Kier alpha value is -3.83. The number of aliphatic hydroxyl groups excluding tert-OH is 1. The largest absolute Gasteiger partial charge is 0.489 e. The minimum atomic E-state index is -0.852. The zero-order valence-corrected chi connectivity index (χ0v) is 17.4. The fraction of sp³-hybridized carbons (Fsp3) is 0.148. The number of hydrogen-bond acceptors (Lipinski definition) is 5. The van der Waals surface area contributed by atoms with Gasteiger partial charge in [0, 0.05) is 11.8 Å². The second-order valence-electron chi connectivity index (χ2n) is 7.62. The van der Waals surface area contributed by atoms with Gasteiger partial charge < -0.3 is 19.3 Å². The molecule has 0 saturated heterocycles. The van der Waals surface area contributed by atoms with Crippen LogP contribution in [0.25, 0.3) is 0 Å². The van der Waals surface area contributed by atoms with Crippen LogP contribution in [0.5, 0.6) is 17.2 Å². The van der Waals surface area contributed by atoms with Gasteiger partial charge in [0.25, 0.3) is 0 Å². The molecule has 2 heterocycles. The van der Waals surface area contributed by atoms with Crippen LogP contribution in [0.15, 0.2) is 103 Å². The minimum absolute atomic E-state index is 0.250. The Morgan fingerprint density at radius 1 is 0.844 bits per heavy atom. The topological polar surface area (TPSA) is 60.8 Å². The monoisotopic (exact) mass is 425 g/mol. The van der Waals surface area contributed by atoms with Crippen molar-refractivity contribution in [2.24, 2.45) is 0 Å². The third-order valence-electron chi connectivity index (χ3n) is 5.44. The fourth-order valence-corrected chi connectivity index (χ4v) is 3.84. The van der Waals surface area contributed by atoms with Crippen LogP contribution in [0.1, 0.15) is 28.9 Å². The highest BCUT2D eigenvalue weighted by molar-refractivity contribution is 5.44. The van der Waals surface area contributed by atoms with Gasteiger partial charge in [0.05, 0.1) is 6.20 Å². The van der Waals surface area contributed by atoms with Gasteiger partial charge in [0.1, 0.15) is 36.1 Å². The molecule has 2 atom stereocenters. The Morgan fingerprint density at radius 3 is 2.22 bits per heavy atom. The van der Waals surface area contributed by atoms with E-state index in [0.29, 0.717) is 22.8 Å². The van der Waals surface area contributed by atoms with Crippen molar-refractivity contribution in [3.05, 3.63) is 120 Å². The van der Waals surface area contributed by atoms with Gasteiger partial charge in [0.15, 0.2) is 6.10 Å². The van der Waals surface area contributed by atoms with Crippen LogP contribution < -0.4 is 14.2 Å². The maximum Gasteiger partial charge on any atom is 0.163 e. The van der Waals surface area contributed by atoms with Crippen LogP contribution in [0, 0.1) is 0 Å². The van der Waals surface area contributed by atoms with Crippen LogP contribution in [0.4, 0.5) is 0 Å². The highest BCUT2D eigenvalue weighted by Gasteiger charge is 2.32. The van der Waals surface area contributed by atoms with Crippen LogP contribution in [-0.2, 0) is 0 Å². The van der Waals surface area contributed by atoms with Crippen LogP contribution in [0.3, 0.4) is 0 Å². The Bertz CT molecular complexity index is 1110. The summed E-state index contributed by atoms with van der Waals surface area (Å²) in [4.78, 5) is 4.06. The van der Waals surface area contributed by atoms with Crippen molar-refractivity contribution in [1.82, 2.24) is 4.98 Å². The normalized spacial score (nSPS) is 17.3. The van der Waals surface area contributed by atoms with E-state index >= 15 is 0 Å². The lowest BCUT2D eigenvalue weighted by atomic mass is 9.99. The maximum atomic E-state index is 11.0. The molecule has 32 heavy (non-hydrogen) atoms. The summed E-state index contributed by atoms with van der Waals surface area (Å²) in [5.74, 6) is 1.86. The van der Waals surface area contributed by atoms with E-state index in [0.717, 1.165) is 11.1 Å². The SMILES string of the molecule is O[C@H]1c2cc(OC(c3ccccc3)c3ccccc3)ccc2OC[C@H]1Oc1cccnc1. The molecule has 160 valence electrons. The molecule has 1 aliphatic heterocycles. The summed E-state index contributed by atoms with van der Waals surface area (Å²) in [7, 11) is 0. The third kappa shape index (κ3) is 4.29. The van der Waals surface area contributed by atoms with Crippen molar-refractivity contribution in [2.45, 2.75) is 18.3 Å². The van der Waals surface area contributed by atoms with Crippen LogP contribution in [0.2, 0.25) is 0 Å². The van der Waals surface area contributed by atoms with Crippen molar-refractivity contribution in [3.8, 4) is 17.2 Å². The quantitative estimate of drug-likeness (QED) is 0.464. The lowest BCUT2D eigenvalue weighted by Gasteiger charge is -2.31. The highest BCUT2D eigenvalue weighted by atomic mass is 16.5. The van der Waals surface area contributed by atoms with Crippen molar-refractivity contribution in [3.63, 3.8) is 0 Å². The van der Waals surface area contributed by atoms with Gasteiger partial charge in [0.2, 0.25) is 0 Å². The number of fused-ring (bicyclic) bond motifs is 1. The van der Waals surface area contributed by atoms with E-state index in [9.17, 15) is 5.11 Å². The Kier molecular flexibility index (Phi) is 5.73. The van der Waals surface area contributed by atoms with Crippen molar-refractivity contribution < 1.29 is 19.3 Å². The molecule has 0 fully saturated rings. The van der Waals surface area contributed by atoms with Crippen LogP contribution in [-0.4, -0.2) is 22.8 Å². The first-order valence-electron chi connectivity index (χ1n) is 10.6. The molecule has 5 rings (SSSR count). The van der Waals surface area contributed by atoms with Gasteiger partial charge in [-0.15, -0.1) is 0 Å². The summed E-state index contributed by atoms with van der Waals surface area (Å²) in [5.41, 5.74) is 2.74. The molecular formula is C27H23NO4. The zero-order valence-electron chi connectivity index (χ0n) is 17.4. The third-order valence-corrected chi connectivity index (χ3v) is 5.44. The second-order valence-corrected chi connectivity index (χ2v) is 7.62. The average Bonchev–Trinajstić information content (AvgIpc) is 2.86. The predicted molar refractivity (Wildman–Crippen MR) is 121 cm³/mol. The molecule has 5 nitrogen and oxygen atoms in total. The summed E-state index contributed by atoms with van der Waals surface area (Å²) in [6, 6.07) is 29.3. The number of hydrogen-bond donors (Lipinski definition) is 1. The molecule has 1 aliphatic rings. The maximum absolute atomic E-state index is 11.0. The molecular weight excluding hydrogens is 402 g/mol. The Balaban J connectivity index is 1.41. The van der Waals surface area contributed by atoms with Crippen LogP contribution >= 0.6 is 0 Å². The molecule has 3 aromatic carbocycles. The first-order chi connectivity index (χ1) is 15.8. The average molecular weight is 425 g/mol. The first-order valence-corrected chi connectivity index (χ1v) is 10.6. The summed E-state index contributed by atoms with van der Waals surface area (Å²) in [6.45, 7) is 0.250. The van der Waals surface area contributed by atoms with E-state index in [2.05, 4.69) is 4.98 Å². The van der Waals surface area contributed by atoms with Gasteiger partial charge in [-0.2, -0.15) is 0 Å². The summed E-state index contributed by atoms with van der Waals surface area (Å²) < 4.78 is 18.2. The lowest BCUT2D eigenvalue weighted by Crippen LogP contribution is -2.35. The predicted octanol–water partition coefficient (Wildman–Crippen LogP) is 5.12. The number of pyridine rings is 1. The number of ether oxygens (including phenoxy) is 3. The van der Waals surface area contributed by atoms with Gasteiger partial charge in [-0.05, 0) is 41.5 Å². The van der Waals surface area contributed by atoms with Crippen molar-refractivity contribution >= 4 is 0 Å². The fourth-order valence-electron chi connectivity index (χ4n) is 3.84. The van der Waals surface area contributed by atoms with E-state index in [1.807, 2.05) is 78.9 Å². The summed E-state index contributed by atoms with van der Waals surface area (Å²) in [5, 5.41) is 11.0. The lowest BCUT2D eigenvalue weighted by molar-refractivity contribution is -0.0106. The van der Waals surface area contributed by atoms with Gasteiger partial charge in [-0.1, -0.05) is 60.7 Å². The van der Waals surface area contributed by atoms with E-state index in [-0.39, 0.29) is 12.7 Å². The molecule has 0 spiro atoms. The Labute approximate surface area is 186 Å². The second kappa shape index (κ2) is 9.12. The van der Waals surface area contributed by atoms with Gasteiger partial charge in [-0.25, -0.2) is 0 Å². The molecule has 0 bridgehead atoms. The standard InChI is InChI=1S/C27H23NO4/c29-26-23-16-21(13-14-24(23)30-18-25(26)31-22-12-7-15-28-17-22)32-27(19-8-3-1-4-9-19)20-10-5-2-6-11-20/h1-17,25-27,29H,18H2/t25-,26+/m1/s1.